The molecule has 1 amide bonds. The molecule has 0 spiro atoms. The molecule has 1 aliphatic rings. The van der Waals surface area contributed by atoms with Gasteiger partial charge in [-0.1, -0.05) is 30.3 Å². The van der Waals surface area contributed by atoms with Crippen molar-refractivity contribution >= 4 is 12.1 Å². The first kappa shape index (κ1) is 16.2. The van der Waals surface area contributed by atoms with Crippen molar-refractivity contribution in [1.29, 1.82) is 0 Å². The largest absolute Gasteiger partial charge is 0.481 e. The number of alkyl halides is 2. The third-order valence-electron chi connectivity index (χ3n) is 3.54. The zero-order valence-electron chi connectivity index (χ0n) is 11.8. The highest BCUT2D eigenvalue weighted by Crippen LogP contribution is 2.37. The molecule has 1 aliphatic carbocycles. The molecular formula is C15H17F2NO4. The summed E-state index contributed by atoms with van der Waals surface area (Å²) in [7, 11) is 0. The topological polar surface area (TPSA) is 75.6 Å². The SMILES string of the molecule is O=C(N[C@@H]1C[C@H](C(=O)O)CC(F)(F)C1)OCc1ccccc1. The predicted molar refractivity (Wildman–Crippen MR) is 73.5 cm³/mol. The molecule has 22 heavy (non-hydrogen) atoms. The number of nitrogens with one attached hydrogen (secondary N) is 1. The maximum Gasteiger partial charge on any atom is 0.407 e. The van der Waals surface area contributed by atoms with Gasteiger partial charge in [-0.05, 0) is 12.0 Å². The van der Waals surface area contributed by atoms with Crippen LogP contribution in [0.3, 0.4) is 0 Å². The van der Waals surface area contributed by atoms with Gasteiger partial charge in [-0.3, -0.25) is 4.79 Å². The third kappa shape index (κ3) is 4.68. The molecule has 0 saturated heterocycles. The first-order chi connectivity index (χ1) is 10.4. The molecule has 2 atom stereocenters. The van der Waals surface area contributed by atoms with Crippen molar-refractivity contribution < 1.29 is 28.2 Å². The van der Waals surface area contributed by atoms with E-state index in [2.05, 4.69) is 5.32 Å². The van der Waals surface area contributed by atoms with Gasteiger partial charge < -0.3 is 15.2 Å². The summed E-state index contributed by atoms with van der Waals surface area (Å²) < 4.78 is 32.0. The van der Waals surface area contributed by atoms with Crippen molar-refractivity contribution in [3.8, 4) is 0 Å². The summed E-state index contributed by atoms with van der Waals surface area (Å²) >= 11 is 0. The van der Waals surface area contributed by atoms with E-state index in [0.717, 1.165) is 5.56 Å². The Balaban J connectivity index is 1.86. The van der Waals surface area contributed by atoms with Gasteiger partial charge >= 0.3 is 12.1 Å². The Labute approximate surface area is 126 Å². The van der Waals surface area contributed by atoms with Crippen LogP contribution in [-0.2, 0) is 16.1 Å². The highest BCUT2D eigenvalue weighted by atomic mass is 19.3. The van der Waals surface area contributed by atoms with Crippen LogP contribution in [0.2, 0.25) is 0 Å². The predicted octanol–water partition coefficient (Wildman–Crippen LogP) is 2.80. The number of carboxylic acid groups (broad SMARTS) is 1. The summed E-state index contributed by atoms with van der Waals surface area (Å²) in [5, 5.41) is 11.2. The molecule has 1 fully saturated rings. The first-order valence-corrected chi connectivity index (χ1v) is 6.93. The number of carbonyl (C=O) groups excluding carboxylic acids is 1. The maximum absolute atomic E-state index is 13.5. The van der Waals surface area contributed by atoms with Gasteiger partial charge in [0, 0.05) is 18.9 Å². The Morgan fingerprint density at radius 3 is 2.59 bits per heavy atom. The van der Waals surface area contributed by atoms with Gasteiger partial charge in [-0.25, -0.2) is 13.6 Å². The molecule has 0 heterocycles. The summed E-state index contributed by atoms with van der Waals surface area (Å²) in [5.74, 6) is -5.54. The normalized spacial score (nSPS) is 23.5. The van der Waals surface area contributed by atoms with Crippen molar-refractivity contribution in [3.05, 3.63) is 35.9 Å². The number of rotatable bonds is 4. The fourth-order valence-corrected chi connectivity index (χ4v) is 2.54. The molecule has 1 aromatic carbocycles. The van der Waals surface area contributed by atoms with Crippen molar-refractivity contribution in [3.63, 3.8) is 0 Å². The smallest absolute Gasteiger partial charge is 0.407 e. The number of hydrogen-bond acceptors (Lipinski definition) is 3. The van der Waals surface area contributed by atoms with Crippen LogP contribution in [0.15, 0.2) is 30.3 Å². The van der Waals surface area contributed by atoms with Gasteiger partial charge in [0.1, 0.15) is 6.61 Å². The van der Waals surface area contributed by atoms with E-state index in [0.29, 0.717) is 0 Å². The molecule has 0 unspecified atom stereocenters. The van der Waals surface area contributed by atoms with Crippen molar-refractivity contribution in [1.82, 2.24) is 5.32 Å². The molecule has 5 nitrogen and oxygen atoms in total. The van der Waals surface area contributed by atoms with Gasteiger partial charge in [-0.15, -0.1) is 0 Å². The number of carboxylic acids is 1. The third-order valence-corrected chi connectivity index (χ3v) is 3.54. The van der Waals surface area contributed by atoms with E-state index in [9.17, 15) is 18.4 Å². The monoisotopic (exact) mass is 313 g/mol. The number of amides is 1. The Bertz CT molecular complexity index is 536. The van der Waals surface area contributed by atoms with Gasteiger partial charge in [0.05, 0.1) is 5.92 Å². The van der Waals surface area contributed by atoms with Crippen LogP contribution >= 0.6 is 0 Å². The standard InChI is InChI=1S/C15H17F2NO4/c16-15(17)7-11(13(19)20)6-12(8-15)18-14(21)22-9-10-4-2-1-3-5-10/h1-5,11-12H,6-9H2,(H,18,21)(H,19,20)/t11-,12+/m0/s1. The Kier molecular flexibility index (Phi) is 4.95. The second-order valence-electron chi connectivity index (χ2n) is 5.44. The van der Waals surface area contributed by atoms with Crippen LogP contribution in [0.25, 0.3) is 0 Å². The fraction of sp³-hybridized carbons (Fsp3) is 0.467. The number of benzene rings is 1. The van der Waals surface area contributed by atoms with Crippen LogP contribution in [0.4, 0.5) is 13.6 Å². The lowest BCUT2D eigenvalue weighted by molar-refractivity contribution is -0.150. The van der Waals surface area contributed by atoms with Crippen molar-refractivity contribution in [2.45, 2.75) is 37.8 Å². The fourth-order valence-electron chi connectivity index (χ4n) is 2.54. The average molecular weight is 313 g/mol. The van der Waals surface area contributed by atoms with Gasteiger partial charge in [0.15, 0.2) is 0 Å². The Hall–Kier alpha value is -2.18. The summed E-state index contributed by atoms with van der Waals surface area (Å²) in [5.41, 5.74) is 0.773. The second kappa shape index (κ2) is 6.72. The molecule has 0 radical (unpaired) electrons. The summed E-state index contributed by atoms with van der Waals surface area (Å²) in [4.78, 5) is 22.6. The molecule has 0 aliphatic heterocycles. The van der Waals surface area contributed by atoms with Crippen LogP contribution in [0, 0.1) is 5.92 Å². The van der Waals surface area contributed by atoms with Crippen LogP contribution in [-0.4, -0.2) is 29.1 Å². The number of carbonyl (C=O) groups is 2. The van der Waals surface area contributed by atoms with Crippen LogP contribution in [0.1, 0.15) is 24.8 Å². The van der Waals surface area contributed by atoms with Crippen LogP contribution in [0.5, 0.6) is 0 Å². The highest BCUT2D eigenvalue weighted by molar-refractivity contribution is 5.71. The van der Waals surface area contributed by atoms with E-state index in [1.54, 1.807) is 24.3 Å². The lowest BCUT2D eigenvalue weighted by Gasteiger charge is -2.32. The minimum atomic E-state index is -3.10. The van der Waals surface area contributed by atoms with E-state index >= 15 is 0 Å². The lowest BCUT2D eigenvalue weighted by atomic mass is 9.83. The van der Waals surface area contributed by atoms with Gasteiger partial charge in [-0.2, -0.15) is 0 Å². The molecule has 7 heteroatoms. The minimum absolute atomic E-state index is 0.0225. The van der Waals surface area contributed by atoms with E-state index in [-0.39, 0.29) is 13.0 Å². The van der Waals surface area contributed by atoms with E-state index in [4.69, 9.17) is 9.84 Å². The Morgan fingerprint density at radius 2 is 1.95 bits per heavy atom. The molecular weight excluding hydrogens is 296 g/mol. The first-order valence-electron chi connectivity index (χ1n) is 6.93. The van der Waals surface area contributed by atoms with Crippen molar-refractivity contribution in [2.24, 2.45) is 5.92 Å². The number of aliphatic carboxylic acids is 1. The maximum atomic E-state index is 13.5. The van der Waals surface area contributed by atoms with Crippen LogP contribution < -0.4 is 5.32 Å². The number of alkyl carbamates (subject to hydrolysis) is 1. The number of ether oxygens (including phenoxy) is 1. The van der Waals surface area contributed by atoms with Gasteiger partial charge in [0.2, 0.25) is 0 Å². The van der Waals surface area contributed by atoms with Crippen molar-refractivity contribution in [2.75, 3.05) is 0 Å². The molecule has 120 valence electrons. The average Bonchev–Trinajstić information content (AvgIpc) is 2.44. The zero-order valence-corrected chi connectivity index (χ0v) is 11.8. The van der Waals surface area contributed by atoms with E-state index < -0.39 is 42.8 Å². The minimum Gasteiger partial charge on any atom is -0.481 e. The quantitative estimate of drug-likeness (QED) is 0.896. The lowest BCUT2D eigenvalue weighted by Crippen LogP contribution is -2.46. The Morgan fingerprint density at radius 1 is 1.27 bits per heavy atom. The number of hydrogen-bond donors (Lipinski definition) is 2. The van der Waals surface area contributed by atoms with E-state index in [1.165, 1.54) is 0 Å². The molecule has 2 rings (SSSR count). The molecule has 2 N–H and O–H groups in total. The van der Waals surface area contributed by atoms with E-state index in [1.807, 2.05) is 6.07 Å². The molecule has 1 aromatic rings. The highest BCUT2D eigenvalue weighted by Gasteiger charge is 2.44. The molecule has 0 bridgehead atoms. The summed E-state index contributed by atoms with van der Waals surface area (Å²) in [6.45, 7) is 0.0259. The molecule has 0 aromatic heterocycles. The number of halogens is 2. The summed E-state index contributed by atoms with van der Waals surface area (Å²) in [6, 6.07) is 8.02. The van der Waals surface area contributed by atoms with Gasteiger partial charge in [0.25, 0.3) is 5.92 Å². The zero-order chi connectivity index (χ0) is 16.2. The second-order valence-corrected chi connectivity index (χ2v) is 5.44. The molecule has 1 saturated carbocycles. The summed E-state index contributed by atoms with van der Waals surface area (Å²) in [6.07, 6.45) is -2.11.